The van der Waals surface area contributed by atoms with Crippen molar-refractivity contribution in [2.24, 2.45) is 5.73 Å². The fraction of sp³-hybridized carbons (Fsp3) is 0.100. The summed E-state index contributed by atoms with van der Waals surface area (Å²) in [6.07, 6.45) is 1.62. The Morgan fingerprint density at radius 1 is 1.50 bits per heavy atom. The standard InChI is InChI=1S/C10H13N3O/c1-2-8-13(10(11)12)14-9-6-4-3-5-7-9/h2-7H,1,8H2,(H3,11,12). The maximum Gasteiger partial charge on any atom is 0.222 e. The molecule has 0 aliphatic carbocycles. The molecule has 0 atom stereocenters. The van der Waals surface area contributed by atoms with E-state index in [0.29, 0.717) is 12.3 Å². The molecule has 0 fully saturated rings. The minimum Gasteiger partial charge on any atom is -0.376 e. The zero-order valence-electron chi connectivity index (χ0n) is 7.81. The maximum absolute atomic E-state index is 7.24. The molecule has 0 aromatic heterocycles. The topological polar surface area (TPSA) is 62.3 Å². The first kappa shape index (κ1) is 10.1. The van der Waals surface area contributed by atoms with Gasteiger partial charge in [-0.25, -0.2) is 0 Å². The molecule has 0 amide bonds. The Morgan fingerprint density at radius 3 is 2.64 bits per heavy atom. The highest BCUT2D eigenvalue weighted by Gasteiger charge is 2.05. The van der Waals surface area contributed by atoms with Crippen LogP contribution in [0.15, 0.2) is 43.0 Å². The van der Waals surface area contributed by atoms with E-state index in [-0.39, 0.29) is 5.96 Å². The fourth-order valence-corrected chi connectivity index (χ4v) is 0.911. The first-order chi connectivity index (χ1) is 6.74. The van der Waals surface area contributed by atoms with E-state index >= 15 is 0 Å². The molecular weight excluding hydrogens is 178 g/mol. The van der Waals surface area contributed by atoms with Crippen molar-refractivity contribution in [3.63, 3.8) is 0 Å². The minimum absolute atomic E-state index is 0.145. The molecule has 1 aromatic carbocycles. The van der Waals surface area contributed by atoms with Crippen LogP contribution in [-0.4, -0.2) is 17.6 Å². The molecule has 0 aliphatic heterocycles. The van der Waals surface area contributed by atoms with Crippen molar-refractivity contribution < 1.29 is 4.84 Å². The zero-order chi connectivity index (χ0) is 10.4. The highest BCUT2D eigenvalue weighted by atomic mass is 16.7. The van der Waals surface area contributed by atoms with Crippen molar-refractivity contribution in [2.75, 3.05) is 6.54 Å². The second-order valence-corrected chi connectivity index (χ2v) is 2.64. The molecule has 14 heavy (non-hydrogen) atoms. The van der Waals surface area contributed by atoms with E-state index in [4.69, 9.17) is 16.0 Å². The quantitative estimate of drug-likeness (QED) is 0.327. The second-order valence-electron chi connectivity index (χ2n) is 2.64. The van der Waals surface area contributed by atoms with Gasteiger partial charge in [0.1, 0.15) is 0 Å². The third-order valence-electron chi connectivity index (χ3n) is 1.52. The summed E-state index contributed by atoms with van der Waals surface area (Å²) in [6, 6.07) is 9.17. The lowest BCUT2D eigenvalue weighted by atomic mass is 10.3. The van der Waals surface area contributed by atoms with Gasteiger partial charge in [0, 0.05) is 0 Å². The molecule has 4 heteroatoms. The van der Waals surface area contributed by atoms with Crippen molar-refractivity contribution in [3.05, 3.63) is 43.0 Å². The summed E-state index contributed by atoms with van der Waals surface area (Å²) < 4.78 is 0. The van der Waals surface area contributed by atoms with E-state index < -0.39 is 0 Å². The summed E-state index contributed by atoms with van der Waals surface area (Å²) in [5.41, 5.74) is 5.31. The van der Waals surface area contributed by atoms with Gasteiger partial charge in [-0.05, 0) is 12.1 Å². The first-order valence-electron chi connectivity index (χ1n) is 4.19. The van der Waals surface area contributed by atoms with Crippen molar-refractivity contribution in [1.82, 2.24) is 5.06 Å². The molecule has 1 rings (SSSR count). The van der Waals surface area contributed by atoms with E-state index in [9.17, 15) is 0 Å². The maximum atomic E-state index is 7.24. The van der Waals surface area contributed by atoms with Gasteiger partial charge in [-0.2, -0.15) is 5.06 Å². The number of rotatable bonds is 4. The molecule has 3 N–H and O–H groups in total. The molecular formula is C10H13N3O. The van der Waals surface area contributed by atoms with Crippen molar-refractivity contribution >= 4 is 5.96 Å². The third kappa shape index (κ3) is 2.82. The number of nitrogens with two attached hydrogens (primary N) is 1. The van der Waals surface area contributed by atoms with Gasteiger partial charge >= 0.3 is 0 Å². The van der Waals surface area contributed by atoms with Crippen molar-refractivity contribution in [2.45, 2.75) is 0 Å². The van der Waals surface area contributed by atoms with Crippen molar-refractivity contribution in [1.29, 1.82) is 5.41 Å². The predicted molar refractivity (Wildman–Crippen MR) is 55.9 cm³/mol. The summed E-state index contributed by atoms with van der Waals surface area (Å²) in [7, 11) is 0. The summed E-state index contributed by atoms with van der Waals surface area (Å²) in [5, 5.41) is 8.49. The summed E-state index contributed by atoms with van der Waals surface area (Å²) in [4.78, 5) is 5.33. The van der Waals surface area contributed by atoms with Crippen LogP contribution in [0.2, 0.25) is 0 Å². The molecule has 74 valence electrons. The number of nitrogens with zero attached hydrogens (tertiary/aromatic N) is 1. The minimum atomic E-state index is -0.145. The molecule has 0 unspecified atom stereocenters. The Kier molecular flexibility index (Phi) is 3.55. The number of benzene rings is 1. The Morgan fingerprint density at radius 2 is 2.14 bits per heavy atom. The highest BCUT2D eigenvalue weighted by molar-refractivity contribution is 5.73. The van der Waals surface area contributed by atoms with Crippen LogP contribution in [0.25, 0.3) is 0 Å². The van der Waals surface area contributed by atoms with Crippen molar-refractivity contribution in [3.8, 4) is 5.75 Å². The SMILES string of the molecule is C=CCN(Oc1ccccc1)C(=N)N. The van der Waals surface area contributed by atoms with Gasteiger partial charge in [0.05, 0.1) is 6.54 Å². The molecule has 0 saturated heterocycles. The van der Waals surface area contributed by atoms with Crippen LogP contribution in [0.5, 0.6) is 5.75 Å². The van der Waals surface area contributed by atoms with Gasteiger partial charge in [-0.1, -0.05) is 24.3 Å². The first-order valence-corrected chi connectivity index (χ1v) is 4.19. The van der Waals surface area contributed by atoms with E-state index in [1.54, 1.807) is 18.2 Å². The van der Waals surface area contributed by atoms with Crippen LogP contribution < -0.4 is 10.6 Å². The van der Waals surface area contributed by atoms with Gasteiger partial charge < -0.3 is 10.6 Å². The molecule has 0 spiro atoms. The molecule has 0 bridgehead atoms. The highest BCUT2D eigenvalue weighted by Crippen LogP contribution is 2.09. The zero-order valence-corrected chi connectivity index (χ0v) is 7.81. The number of guanidine groups is 1. The van der Waals surface area contributed by atoms with Crippen LogP contribution >= 0.6 is 0 Å². The van der Waals surface area contributed by atoms with Crippen LogP contribution in [0.4, 0.5) is 0 Å². The molecule has 0 radical (unpaired) electrons. The van der Waals surface area contributed by atoms with Gasteiger partial charge in [0.25, 0.3) is 0 Å². The molecule has 1 aromatic rings. The van der Waals surface area contributed by atoms with Gasteiger partial charge in [0.2, 0.25) is 5.96 Å². The number of nitrogens with one attached hydrogen (secondary N) is 1. The van der Waals surface area contributed by atoms with E-state index in [0.717, 1.165) is 0 Å². The van der Waals surface area contributed by atoms with E-state index in [1.807, 2.05) is 18.2 Å². The Hall–Kier alpha value is -1.97. The van der Waals surface area contributed by atoms with Gasteiger partial charge in [-0.15, -0.1) is 6.58 Å². The Labute approximate surface area is 83.1 Å². The Bertz CT molecular complexity index is 310. The Balaban J connectivity index is 2.64. The number of hydrogen-bond acceptors (Lipinski definition) is 2. The third-order valence-corrected chi connectivity index (χ3v) is 1.52. The lowest BCUT2D eigenvalue weighted by Gasteiger charge is -2.20. The lowest BCUT2D eigenvalue weighted by Crippen LogP contribution is -2.39. The number of para-hydroxylation sites is 1. The second kappa shape index (κ2) is 4.91. The lowest BCUT2D eigenvalue weighted by molar-refractivity contribution is 0.0285. The molecule has 0 saturated carbocycles. The van der Waals surface area contributed by atoms with E-state index in [1.165, 1.54) is 5.06 Å². The molecule has 0 aliphatic rings. The predicted octanol–water partition coefficient (Wildman–Crippen LogP) is 1.36. The molecule has 0 heterocycles. The monoisotopic (exact) mass is 191 g/mol. The van der Waals surface area contributed by atoms with Gasteiger partial charge in [0.15, 0.2) is 5.75 Å². The molecule has 4 nitrogen and oxygen atoms in total. The summed E-state index contributed by atoms with van der Waals surface area (Å²) in [5.74, 6) is 0.498. The average molecular weight is 191 g/mol. The fourth-order valence-electron chi connectivity index (χ4n) is 0.911. The van der Waals surface area contributed by atoms with Crippen LogP contribution in [-0.2, 0) is 0 Å². The summed E-state index contributed by atoms with van der Waals surface area (Å²) >= 11 is 0. The largest absolute Gasteiger partial charge is 0.376 e. The smallest absolute Gasteiger partial charge is 0.222 e. The average Bonchev–Trinajstić information content (AvgIpc) is 2.18. The van der Waals surface area contributed by atoms with Crippen LogP contribution in [0.3, 0.4) is 0 Å². The van der Waals surface area contributed by atoms with Gasteiger partial charge in [-0.3, -0.25) is 5.41 Å². The van der Waals surface area contributed by atoms with E-state index in [2.05, 4.69) is 6.58 Å². The normalized spacial score (nSPS) is 9.14. The number of hydrogen-bond donors (Lipinski definition) is 2. The summed E-state index contributed by atoms with van der Waals surface area (Å²) in [6.45, 7) is 3.93. The number of hydroxylamine groups is 2. The van der Waals surface area contributed by atoms with Crippen LogP contribution in [0, 0.1) is 5.41 Å². The van der Waals surface area contributed by atoms with Crippen LogP contribution in [0.1, 0.15) is 0 Å².